The number of piperazine rings is 1. The second-order valence-corrected chi connectivity index (χ2v) is 9.13. The molecule has 0 saturated carbocycles. The van der Waals surface area contributed by atoms with Crippen molar-refractivity contribution in [3.8, 4) is 17.1 Å². The van der Waals surface area contributed by atoms with Crippen LogP contribution in [0.15, 0.2) is 48.5 Å². The third-order valence-corrected chi connectivity index (χ3v) is 6.98. The molecule has 10 heteroatoms. The molecule has 1 saturated heterocycles. The highest BCUT2D eigenvalue weighted by Crippen LogP contribution is 2.27. The fourth-order valence-corrected chi connectivity index (χ4v) is 4.89. The van der Waals surface area contributed by atoms with Crippen LogP contribution in [0.1, 0.15) is 5.56 Å². The van der Waals surface area contributed by atoms with E-state index in [2.05, 4.69) is 21.2 Å². The summed E-state index contributed by atoms with van der Waals surface area (Å²) in [6.45, 7) is 3.69. The van der Waals surface area contributed by atoms with Crippen LogP contribution in [0.25, 0.3) is 11.4 Å². The number of H-pyrrole nitrogens is 1. The fourth-order valence-electron chi connectivity index (χ4n) is 4.69. The number of para-hydroxylation sites is 1. The van der Waals surface area contributed by atoms with Gasteiger partial charge in [-0.05, 0) is 54.5 Å². The number of hydrogen-bond donors (Lipinski definition) is 1. The lowest BCUT2D eigenvalue weighted by Gasteiger charge is -2.35. The molecule has 2 aromatic carbocycles. The van der Waals surface area contributed by atoms with Crippen LogP contribution in [0.5, 0.6) is 5.75 Å². The summed E-state index contributed by atoms with van der Waals surface area (Å²) in [5.41, 5.74) is 3.09. The topological polar surface area (TPSA) is 86.7 Å². The molecule has 1 fully saturated rings. The number of ether oxygens (including phenoxy) is 1. The summed E-state index contributed by atoms with van der Waals surface area (Å²) < 4.78 is 7.34. The Morgan fingerprint density at radius 2 is 1.71 bits per heavy atom. The molecule has 0 radical (unpaired) electrons. The normalized spacial score (nSPS) is 15.8. The molecule has 1 aromatic heterocycles. The summed E-state index contributed by atoms with van der Waals surface area (Å²) in [4.78, 5) is 31.8. The SMILES string of the molecule is COc1ccc(-c2n[nH]c(=S)n2CC(=O)N2CCN(CC(=O)N3CCc4ccccc43)CC2)cc1. The number of amides is 2. The number of nitrogens with one attached hydrogen (secondary N) is 1. The Labute approximate surface area is 208 Å². The second kappa shape index (κ2) is 10.0. The molecule has 0 spiro atoms. The Balaban J connectivity index is 1.17. The summed E-state index contributed by atoms with van der Waals surface area (Å²) in [6, 6.07) is 15.6. The molecule has 2 amide bonds. The van der Waals surface area contributed by atoms with E-state index in [4.69, 9.17) is 17.0 Å². The zero-order valence-corrected chi connectivity index (χ0v) is 20.5. The summed E-state index contributed by atoms with van der Waals surface area (Å²) in [5, 5.41) is 7.12. The van der Waals surface area contributed by atoms with Crippen molar-refractivity contribution in [3.05, 3.63) is 58.9 Å². The number of anilines is 1. The number of rotatable bonds is 6. The quantitative estimate of drug-likeness (QED) is 0.532. The predicted octanol–water partition coefficient (Wildman–Crippen LogP) is 2.35. The van der Waals surface area contributed by atoms with E-state index in [1.54, 1.807) is 11.7 Å². The van der Waals surface area contributed by atoms with Crippen molar-refractivity contribution >= 4 is 29.7 Å². The minimum absolute atomic E-state index is 0.0169. The van der Waals surface area contributed by atoms with Crippen molar-refractivity contribution in [3.63, 3.8) is 0 Å². The van der Waals surface area contributed by atoms with Crippen molar-refractivity contribution < 1.29 is 14.3 Å². The molecule has 9 nitrogen and oxygen atoms in total. The van der Waals surface area contributed by atoms with Gasteiger partial charge < -0.3 is 14.5 Å². The van der Waals surface area contributed by atoms with Crippen LogP contribution < -0.4 is 9.64 Å². The molecule has 35 heavy (non-hydrogen) atoms. The number of nitrogens with zero attached hydrogens (tertiary/aromatic N) is 5. The number of carbonyl (C=O) groups is 2. The highest BCUT2D eigenvalue weighted by molar-refractivity contribution is 7.71. The number of benzene rings is 2. The van der Waals surface area contributed by atoms with Crippen molar-refractivity contribution in [1.82, 2.24) is 24.6 Å². The molecule has 0 unspecified atom stereocenters. The van der Waals surface area contributed by atoms with Crippen molar-refractivity contribution in [1.29, 1.82) is 0 Å². The fraction of sp³-hybridized carbons (Fsp3) is 0.360. The van der Waals surface area contributed by atoms with Gasteiger partial charge in [0.25, 0.3) is 0 Å². The van der Waals surface area contributed by atoms with E-state index >= 15 is 0 Å². The van der Waals surface area contributed by atoms with Gasteiger partial charge >= 0.3 is 0 Å². The highest BCUT2D eigenvalue weighted by atomic mass is 32.1. The Bertz CT molecular complexity index is 1280. The van der Waals surface area contributed by atoms with E-state index in [0.29, 0.717) is 43.3 Å². The third-order valence-electron chi connectivity index (χ3n) is 6.67. The van der Waals surface area contributed by atoms with E-state index in [-0.39, 0.29) is 18.4 Å². The van der Waals surface area contributed by atoms with Gasteiger partial charge in [-0.1, -0.05) is 18.2 Å². The number of fused-ring (bicyclic) bond motifs is 1. The van der Waals surface area contributed by atoms with Gasteiger partial charge in [0, 0.05) is 44.0 Å². The molecule has 5 rings (SSSR count). The van der Waals surface area contributed by atoms with E-state index < -0.39 is 0 Å². The maximum Gasteiger partial charge on any atom is 0.242 e. The minimum Gasteiger partial charge on any atom is -0.497 e. The predicted molar refractivity (Wildman–Crippen MR) is 135 cm³/mol. The minimum atomic E-state index is -0.0169. The van der Waals surface area contributed by atoms with Crippen LogP contribution in [0.4, 0.5) is 5.69 Å². The van der Waals surface area contributed by atoms with Gasteiger partial charge in [0.2, 0.25) is 11.8 Å². The first-order valence-corrected chi connectivity index (χ1v) is 12.1. The number of aromatic amines is 1. The lowest BCUT2D eigenvalue weighted by molar-refractivity contribution is -0.133. The van der Waals surface area contributed by atoms with Gasteiger partial charge in [-0.2, -0.15) is 5.10 Å². The molecule has 3 aromatic rings. The summed E-state index contributed by atoms with van der Waals surface area (Å²) in [7, 11) is 1.62. The smallest absolute Gasteiger partial charge is 0.242 e. The van der Waals surface area contributed by atoms with Gasteiger partial charge in [0.1, 0.15) is 12.3 Å². The molecule has 1 N–H and O–H groups in total. The molecule has 0 aliphatic carbocycles. The zero-order chi connectivity index (χ0) is 24.4. The van der Waals surface area contributed by atoms with Crippen LogP contribution in [-0.2, 0) is 22.6 Å². The largest absolute Gasteiger partial charge is 0.497 e. The van der Waals surface area contributed by atoms with Crippen LogP contribution in [0.2, 0.25) is 0 Å². The number of carbonyl (C=O) groups excluding carboxylic acids is 2. The number of hydrogen-bond acceptors (Lipinski definition) is 6. The number of aromatic nitrogens is 3. The molecular weight excluding hydrogens is 464 g/mol. The Kier molecular flexibility index (Phi) is 6.65. The Morgan fingerprint density at radius 1 is 0.971 bits per heavy atom. The van der Waals surface area contributed by atoms with Crippen molar-refractivity contribution in [2.75, 3.05) is 51.3 Å². The molecule has 0 atom stereocenters. The van der Waals surface area contributed by atoms with Gasteiger partial charge in [-0.25, -0.2) is 0 Å². The average Bonchev–Trinajstić information content (AvgIpc) is 3.48. The first-order chi connectivity index (χ1) is 17.0. The monoisotopic (exact) mass is 492 g/mol. The maximum absolute atomic E-state index is 13.1. The van der Waals surface area contributed by atoms with Crippen LogP contribution in [-0.4, -0.2) is 82.8 Å². The summed E-state index contributed by atoms with van der Waals surface area (Å²) in [5.74, 6) is 1.46. The molecule has 182 valence electrons. The number of methoxy groups -OCH3 is 1. The third kappa shape index (κ3) is 4.85. The van der Waals surface area contributed by atoms with Gasteiger partial charge in [0.05, 0.1) is 13.7 Å². The molecular formula is C25H28N6O3S. The van der Waals surface area contributed by atoms with Crippen LogP contribution in [0, 0.1) is 4.77 Å². The first kappa shape index (κ1) is 23.3. The van der Waals surface area contributed by atoms with Gasteiger partial charge in [-0.3, -0.25) is 24.2 Å². The van der Waals surface area contributed by atoms with E-state index in [1.807, 2.05) is 52.3 Å². The first-order valence-electron chi connectivity index (χ1n) is 11.7. The molecule has 2 aliphatic rings. The van der Waals surface area contributed by atoms with Gasteiger partial charge in [-0.15, -0.1) is 0 Å². The highest BCUT2D eigenvalue weighted by Gasteiger charge is 2.28. The van der Waals surface area contributed by atoms with Gasteiger partial charge in [0.15, 0.2) is 10.6 Å². The second-order valence-electron chi connectivity index (χ2n) is 8.75. The average molecular weight is 493 g/mol. The van der Waals surface area contributed by atoms with Crippen molar-refractivity contribution in [2.45, 2.75) is 13.0 Å². The van der Waals surface area contributed by atoms with E-state index in [0.717, 1.165) is 30.0 Å². The standard InChI is InChI=1S/C25H28N6O3S/c1-34-20-8-6-19(7-9-20)24-26-27-25(35)31(24)17-22(32)29-14-12-28(13-15-29)16-23(33)30-11-10-18-4-2-3-5-21(18)30/h2-9H,10-17H2,1H3,(H,27,35). The maximum atomic E-state index is 13.1. The van der Waals surface area contributed by atoms with E-state index in [1.165, 1.54) is 5.56 Å². The molecule has 2 aliphatic heterocycles. The molecule has 0 bridgehead atoms. The summed E-state index contributed by atoms with van der Waals surface area (Å²) in [6.07, 6.45) is 0.902. The van der Waals surface area contributed by atoms with Crippen LogP contribution in [0.3, 0.4) is 0 Å². The Morgan fingerprint density at radius 3 is 2.46 bits per heavy atom. The Hall–Kier alpha value is -3.50. The van der Waals surface area contributed by atoms with Crippen molar-refractivity contribution in [2.24, 2.45) is 0 Å². The summed E-state index contributed by atoms with van der Waals surface area (Å²) >= 11 is 5.39. The lowest BCUT2D eigenvalue weighted by atomic mass is 10.2. The molecule has 3 heterocycles. The lowest BCUT2D eigenvalue weighted by Crippen LogP contribution is -2.52. The van der Waals surface area contributed by atoms with Crippen LogP contribution >= 0.6 is 12.2 Å². The zero-order valence-electron chi connectivity index (χ0n) is 19.6. The van der Waals surface area contributed by atoms with E-state index in [9.17, 15) is 9.59 Å².